The molecule has 1 saturated heterocycles. The van der Waals surface area contributed by atoms with Gasteiger partial charge in [0, 0.05) is 23.9 Å². The van der Waals surface area contributed by atoms with Crippen LogP contribution in [0.25, 0.3) is 22.6 Å². The van der Waals surface area contributed by atoms with Crippen molar-refractivity contribution in [1.29, 1.82) is 0 Å². The van der Waals surface area contributed by atoms with Gasteiger partial charge in [-0.25, -0.2) is 9.97 Å². The summed E-state index contributed by atoms with van der Waals surface area (Å²) < 4.78 is 0. The minimum atomic E-state index is 0.161. The monoisotopic (exact) mass is 388 g/mol. The summed E-state index contributed by atoms with van der Waals surface area (Å²) in [6, 6.07) is 9.61. The van der Waals surface area contributed by atoms with Gasteiger partial charge < -0.3 is 15.0 Å². The first kappa shape index (κ1) is 17.3. The molecule has 2 N–H and O–H groups in total. The highest BCUT2D eigenvalue weighted by Crippen LogP contribution is 2.29. The van der Waals surface area contributed by atoms with Gasteiger partial charge in [-0.3, -0.25) is 0 Å². The van der Waals surface area contributed by atoms with Gasteiger partial charge in [0.15, 0.2) is 0 Å². The maximum absolute atomic E-state index is 9.48. The van der Waals surface area contributed by atoms with E-state index in [1.807, 2.05) is 24.3 Å². The summed E-state index contributed by atoms with van der Waals surface area (Å²) in [6.07, 6.45) is 5.66. The molecule has 1 aliphatic rings. The molecule has 3 aromatic rings. The smallest absolute Gasteiger partial charge is 0.139 e. The van der Waals surface area contributed by atoms with E-state index in [-0.39, 0.29) is 12.6 Å². The zero-order chi connectivity index (χ0) is 18.1. The second kappa shape index (κ2) is 7.27. The van der Waals surface area contributed by atoms with Gasteiger partial charge in [-0.05, 0) is 37.1 Å². The largest absolute Gasteiger partial charge is 0.394 e. The average Bonchev–Trinajstić information content (AvgIpc) is 3.33. The quantitative estimate of drug-likeness (QED) is 0.694. The van der Waals surface area contributed by atoms with E-state index >= 15 is 0 Å². The predicted octanol–water partition coefficient (Wildman–Crippen LogP) is 4.41. The molecular weight excluding hydrogens is 371 g/mol. The molecule has 1 atom stereocenters. The van der Waals surface area contributed by atoms with Crippen molar-refractivity contribution in [3.63, 3.8) is 0 Å². The number of aromatic nitrogens is 3. The fourth-order valence-corrected chi connectivity index (χ4v) is 3.60. The number of pyridine rings is 1. The van der Waals surface area contributed by atoms with Gasteiger partial charge in [0.25, 0.3) is 0 Å². The van der Waals surface area contributed by atoms with Crippen molar-refractivity contribution in [3.8, 4) is 22.6 Å². The molecule has 0 radical (unpaired) electrons. The van der Waals surface area contributed by atoms with E-state index in [0.29, 0.717) is 10.0 Å². The number of H-pyrrole nitrogens is 1. The number of hydrogen-bond donors (Lipinski definition) is 2. The zero-order valence-electron chi connectivity index (χ0n) is 14.0. The molecule has 1 unspecified atom stereocenters. The lowest BCUT2D eigenvalue weighted by Gasteiger charge is -2.23. The van der Waals surface area contributed by atoms with E-state index in [2.05, 4.69) is 19.9 Å². The van der Waals surface area contributed by atoms with Gasteiger partial charge in [-0.15, -0.1) is 0 Å². The number of aromatic amines is 1. The van der Waals surface area contributed by atoms with Gasteiger partial charge in [-0.1, -0.05) is 29.3 Å². The minimum absolute atomic E-state index is 0.161. The number of imidazole rings is 1. The number of nitrogens with zero attached hydrogens (tertiary/aromatic N) is 3. The molecule has 4 rings (SSSR count). The molecular formula is C19H18Cl2N4O. The highest BCUT2D eigenvalue weighted by molar-refractivity contribution is 6.42. The van der Waals surface area contributed by atoms with E-state index in [0.717, 1.165) is 47.8 Å². The molecule has 26 heavy (non-hydrogen) atoms. The normalized spacial score (nSPS) is 17.0. The summed E-state index contributed by atoms with van der Waals surface area (Å²) in [4.78, 5) is 14.5. The van der Waals surface area contributed by atoms with Gasteiger partial charge in [-0.2, -0.15) is 0 Å². The maximum Gasteiger partial charge on any atom is 0.139 e. The Labute approximate surface area is 161 Å². The molecule has 0 amide bonds. The number of anilines is 1. The van der Waals surface area contributed by atoms with Crippen LogP contribution in [0.5, 0.6) is 0 Å². The lowest BCUT2D eigenvalue weighted by atomic mass is 10.2. The molecule has 1 aliphatic heterocycles. The first-order valence-electron chi connectivity index (χ1n) is 8.50. The number of benzene rings is 1. The van der Waals surface area contributed by atoms with Crippen LogP contribution in [-0.2, 0) is 0 Å². The van der Waals surface area contributed by atoms with E-state index in [9.17, 15) is 5.11 Å². The van der Waals surface area contributed by atoms with Crippen molar-refractivity contribution in [2.75, 3.05) is 18.1 Å². The Hall–Kier alpha value is -2.08. The Morgan fingerprint density at radius 1 is 1.08 bits per heavy atom. The number of aliphatic hydroxyl groups excluding tert-OH is 1. The van der Waals surface area contributed by atoms with Crippen molar-refractivity contribution < 1.29 is 5.11 Å². The average molecular weight is 389 g/mol. The first-order chi connectivity index (χ1) is 12.7. The van der Waals surface area contributed by atoms with Crippen molar-refractivity contribution in [1.82, 2.24) is 15.0 Å². The fraction of sp³-hybridized carbons (Fsp3) is 0.263. The van der Waals surface area contributed by atoms with Gasteiger partial charge in [0.05, 0.1) is 34.6 Å². The van der Waals surface area contributed by atoms with E-state index in [4.69, 9.17) is 23.2 Å². The predicted molar refractivity (Wildman–Crippen MR) is 105 cm³/mol. The topological polar surface area (TPSA) is 65.0 Å². The number of aliphatic hydroxyl groups is 1. The summed E-state index contributed by atoms with van der Waals surface area (Å²) >= 11 is 12.1. The highest BCUT2D eigenvalue weighted by atomic mass is 35.5. The van der Waals surface area contributed by atoms with Crippen LogP contribution in [0, 0.1) is 0 Å². The number of nitrogens with one attached hydrogen (secondary N) is 1. The van der Waals surface area contributed by atoms with Crippen LogP contribution < -0.4 is 4.90 Å². The van der Waals surface area contributed by atoms with Gasteiger partial charge >= 0.3 is 0 Å². The Morgan fingerprint density at radius 2 is 1.92 bits per heavy atom. The lowest BCUT2D eigenvalue weighted by molar-refractivity contribution is 0.266. The Balaban J connectivity index is 1.57. The van der Waals surface area contributed by atoms with Crippen LogP contribution in [0.2, 0.25) is 10.0 Å². The summed E-state index contributed by atoms with van der Waals surface area (Å²) in [6.45, 7) is 1.09. The standard InChI is InChI=1S/C19H18Cl2N4O/c20-15-5-3-12(8-16(15)21)17-10-23-19(24-17)13-4-6-18(22-9-13)25-7-1-2-14(25)11-26/h3-6,8-10,14,26H,1-2,7,11H2,(H,23,24). The van der Waals surface area contributed by atoms with Crippen LogP contribution >= 0.6 is 23.2 Å². The van der Waals surface area contributed by atoms with E-state index < -0.39 is 0 Å². The maximum atomic E-state index is 9.48. The van der Waals surface area contributed by atoms with E-state index in [1.54, 1.807) is 18.5 Å². The van der Waals surface area contributed by atoms with Crippen molar-refractivity contribution in [2.24, 2.45) is 0 Å². The van der Waals surface area contributed by atoms with E-state index in [1.165, 1.54) is 0 Å². The molecule has 7 heteroatoms. The molecule has 5 nitrogen and oxygen atoms in total. The van der Waals surface area contributed by atoms with Gasteiger partial charge in [0.2, 0.25) is 0 Å². The van der Waals surface area contributed by atoms with Crippen molar-refractivity contribution in [3.05, 3.63) is 52.8 Å². The molecule has 3 heterocycles. The zero-order valence-corrected chi connectivity index (χ0v) is 15.5. The Morgan fingerprint density at radius 3 is 2.65 bits per heavy atom. The summed E-state index contributed by atoms with van der Waals surface area (Å²) in [7, 11) is 0. The highest BCUT2D eigenvalue weighted by Gasteiger charge is 2.24. The van der Waals surface area contributed by atoms with Crippen molar-refractivity contribution >= 4 is 29.0 Å². The third kappa shape index (κ3) is 3.30. The van der Waals surface area contributed by atoms with Crippen LogP contribution in [0.3, 0.4) is 0 Å². The third-order valence-electron chi connectivity index (χ3n) is 4.71. The summed E-state index contributed by atoms with van der Waals surface area (Å²) in [5.41, 5.74) is 2.69. The SMILES string of the molecule is OCC1CCCN1c1ccc(-c2ncc(-c3ccc(Cl)c(Cl)c3)[nH]2)cn1. The molecule has 0 saturated carbocycles. The molecule has 1 fully saturated rings. The first-order valence-corrected chi connectivity index (χ1v) is 9.25. The van der Waals surface area contributed by atoms with Gasteiger partial charge in [0.1, 0.15) is 11.6 Å². The van der Waals surface area contributed by atoms with Crippen LogP contribution in [-0.4, -0.2) is 39.3 Å². The minimum Gasteiger partial charge on any atom is -0.394 e. The number of halogens is 2. The second-order valence-corrected chi connectivity index (χ2v) is 7.17. The summed E-state index contributed by atoms with van der Waals surface area (Å²) in [5.74, 6) is 1.63. The third-order valence-corrected chi connectivity index (χ3v) is 5.45. The molecule has 1 aromatic carbocycles. The van der Waals surface area contributed by atoms with Crippen LogP contribution in [0.15, 0.2) is 42.7 Å². The Kier molecular flexibility index (Phi) is 4.85. The van der Waals surface area contributed by atoms with Crippen LogP contribution in [0.4, 0.5) is 5.82 Å². The Bertz CT molecular complexity index is 910. The summed E-state index contributed by atoms with van der Waals surface area (Å²) in [5, 5.41) is 10.5. The molecule has 134 valence electrons. The van der Waals surface area contributed by atoms with Crippen molar-refractivity contribution in [2.45, 2.75) is 18.9 Å². The molecule has 0 spiro atoms. The van der Waals surface area contributed by atoms with Crippen LogP contribution in [0.1, 0.15) is 12.8 Å². The lowest BCUT2D eigenvalue weighted by Crippen LogP contribution is -2.32. The molecule has 2 aromatic heterocycles. The number of hydrogen-bond acceptors (Lipinski definition) is 4. The second-order valence-electron chi connectivity index (χ2n) is 6.35. The molecule has 0 bridgehead atoms. The fourth-order valence-electron chi connectivity index (χ4n) is 3.30. The molecule has 0 aliphatic carbocycles. The number of rotatable bonds is 4.